The summed E-state index contributed by atoms with van der Waals surface area (Å²) in [5.41, 5.74) is 12.3. The van der Waals surface area contributed by atoms with Gasteiger partial charge in [0.25, 0.3) is 0 Å². The van der Waals surface area contributed by atoms with Crippen LogP contribution in [0.2, 0.25) is 0 Å². The first-order valence-corrected chi connectivity index (χ1v) is 13.1. The second-order valence-corrected chi connectivity index (χ2v) is 10.7. The van der Waals surface area contributed by atoms with Gasteiger partial charge in [-0.15, -0.1) is 0 Å². The fourth-order valence-corrected chi connectivity index (χ4v) is 5.31. The van der Waals surface area contributed by atoms with Gasteiger partial charge in [-0.1, -0.05) is 18.2 Å². The number of nitrogens with two attached hydrogens (primary N) is 2. The monoisotopic (exact) mass is 511 g/mol. The minimum atomic E-state index is -4.08. The van der Waals surface area contributed by atoms with Crippen molar-refractivity contribution >= 4 is 27.2 Å². The van der Waals surface area contributed by atoms with E-state index < -0.39 is 16.4 Å². The van der Waals surface area contributed by atoms with Crippen LogP contribution in [0, 0.1) is 19.8 Å². The third-order valence-electron chi connectivity index (χ3n) is 6.97. The van der Waals surface area contributed by atoms with E-state index >= 15 is 0 Å². The Morgan fingerprint density at radius 3 is 2.72 bits per heavy atom. The van der Waals surface area contributed by atoms with Crippen molar-refractivity contribution in [1.82, 2.24) is 24.3 Å². The SMILES string of the molecule is Cc1ccc(Cn2cc(-c3cn([C@@H]4C[C@H](COS(N)(=O)=O)[C@@H](O)C4)c4ncnc(N)c34)cn2)cc1C. The normalized spacial score (nSPS) is 20.4. The average Bonchev–Trinajstić information content (AvgIpc) is 3.52. The first kappa shape index (κ1) is 24.4. The largest absolute Gasteiger partial charge is 0.393 e. The maximum Gasteiger partial charge on any atom is 0.333 e. The summed E-state index contributed by atoms with van der Waals surface area (Å²) in [6.07, 6.45) is 7.29. The molecule has 1 aromatic carbocycles. The molecule has 1 aliphatic rings. The maximum absolute atomic E-state index is 11.2. The van der Waals surface area contributed by atoms with Crippen molar-refractivity contribution in [2.45, 2.75) is 45.4 Å². The molecule has 1 fully saturated rings. The number of aromatic nitrogens is 5. The van der Waals surface area contributed by atoms with Gasteiger partial charge in [-0.25, -0.2) is 15.1 Å². The van der Waals surface area contributed by atoms with E-state index in [0.717, 1.165) is 16.7 Å². The quantitative estimate of drug-likeness (QED) is 0.339. The Bertz CT molecular complexity index is 1530. The molecule has 0 spiro atoms. The fourth-order valence-electron chi connectivity index (χ4n) is 4.95. The molecule has 3 aromatic heterocycles. The highest BCUT2D eigenvalue weighted by atomic mass is 32.2. The van der Waals surface area contributed by atoms with Gasteiger partial charge in [0.15, 0.2) is 0 Å². The first-order valence-electron chi connectivity index (χ1n) is 11.6. The third-order valence-corrected chi connectivity index (χ3v) is 7.44. The Morgan fingerprint density at radius 1 is 1.17 bits per heavy atom. The molecule has 0 unspecified atom stereocenters. The van der Waals surface area contributed by atoms with Crippen LogP contribution in [0.25, 0.3) is 22.2 Å². The Kier molecular flexibility index (Phi) is 6.29. The highest BCUT2D eigenvalue weighted by Gasteiger charge is 2.36. The lowest BCUT2D eigenvalue weighted by atomic mass is 10.1. The van der Waals surface area contributed by atoms with Gasteiger partial charge in [0.2, 0.25) is 0 Å². The van der Waals surface area contributed by atoms with Crippen molar-refractivity contribution < 1.29 is 17.7 Å². The molecule has 0 amide bonds. The molecule has 0 bridgehead atoms. The predicted octanol–water partition coefficient (Wildman–Crippen LogP) is 2.07. The van der Waals surface area contributed by atoms with Crippen molar-refractivity contribution in [3.8, 4) is 11.1 Å². The van der Waals surface area contributed by atoms with Gasteiger partial charge in [-0.2, -0.15) is 13.5 Å². The summed E-state index contributed by atoms with van der Waals surface area (Å²) in [5.74, 6) is -0.0301. The number of benzene rings is 1. The number of aryl methyl sites for hydroxylation is 2. The molecule has 3 heterocycles. The molecule has 1 aliphatic carbocycles. The number of hydrogen-bond donors (Lipinski definition) is 3. The standard InChI is InChI=1S/C24H29N7O4S/c1-14-3-4-16(5-15(14)2)9-30-10-18(8-29-30)20-11-31(24-22(20)23(25)27-13-28-24)19-6-17(21(32)7-19)12-35-36(26,33)34/h3-5,8,10-11,13,17,19,21,32H,6-7,9,12H2,1-2H3,(H2,25,27,28)(H2,26,33,34)/t17-,19-,21+/m1/s1. The molecule has 0 saturated heterocycles. The molecule has 5 N–H and O–H groups in total. The van der Waals surface area contributed by atoms with Crippen LogP contribution in [0.15, 0.2) is 43.1 Å². The van der Waals surface area contributed by atoms with Crippen LogP contribution in [0.3, 0.4) is 0 Å². The summed E-state index contributed by atoms with van der Waals surface area (Å²) in [6, 6.07) is 6.24. The Morgan fingerprint density at radius 2 is 1.97 bits per heavy atom. The summed E-state index contributed by atoms with van der Waals surface area (Å²) in [6.45, 7) is 4.64. The Balaban J connectivity index is 1.45. The van der Waals surface area contributed by atoms with E-state index in [2.05, 4.69) is 47.1 Å². The molecule has 0 radical (unpaired) electrons. The average molecular weight is 512 g/mol. The van der Waals surface area contributed by atoms with E-state index in [-0.39, 0.29) is 18.6 Å². The predicted molar refractivity (Wildman–Crippen MR) is 135 cm³/mol. The van der Waals surface area contributed by atoms with Gasteiger partial charge < -0.3 is 15.4 Å². The minimum absolute atomic E-state index is 0.134. The van der Waals surface area contributed by atoms with E-state index in [1.807, 2.05) is 21.6 Å². The van der Waals surface area contributed by atoms with Crippen molar-refractivity contribution in [3.63, 3.8) is 0 Å². The molecule has 1 saturated carbocycles. The zero-order chi connectivity index (χ0) is 25.6. The van der Waals surface area contributed by atoms with Crippen LogP contribution in [0.5, 0.6) is 0 Å². The third kappa shape index (κ3) is 4.85. The van der Waals surface area contributed by atoms with Gasteiger partial charge >= 0.3 is 10.3 Å². The van der Waals surface area contributed by atoms with E-state index in [4.69, 9.17) is 15.1 Å². The van der Waals surface area contributed by atoms with Gasteiger partial charge in [0.1, 0.15) is 17.8 Å². The van der Waals surface area contributed by atoms with Crippen LogP contribution in [-0.2, 0) is 21.0 Å². The van der Waals surface area contributed by atoms with Crippen LogP contribution in [0.4, 0.5) is 5.82 Å². The number of aliphatic hydroxyl groups excluding tert-OH is 1. The van der Waals surface area contributed by atoms with Crippen molar-refractivity contribution in [2.24, 2.45) is 11.1 Å². The number of hydrogen-bond acceptors (Lipinski definition) is 8. The van der Waals surface area contributed by atoms with Crippen LogP contribution >= 0.6 is 0 Å². The van der Waals surface area contributed by atoms with E-state index in [0.29, 0.717) is 36.2 Å². The zero-order valence-corrected chi connectivity index (χ0v) is 20.9. The second kappa shape index (κ2) is 9.28. The molecule has 5 rings (SSSR count). The van der Waals surface area contributed by atoms with Crippen molar-refractivity contribution in [2.75, 3.05) is 12.3 Å². The van der Waals surface area contributed by atoms with Gasteiger partial charge in [-0.05, 0) is 43.4 Å². The van der Waals surface area contributed by atoms with E-state index in [1.54, 1.807) is 6.20 Å². The first-order chi connectivity index (χ1) is 17.1. The molecule has 3 atom stereocenters. The van der Waals surface area contributed by atoms with Gasteiger partial charge in [-0.3, -0.25) is 8.86 Å². The number of aliphatic hydroxyl groups is 1. The molecule has 36 heavy (non-hydrogen) atoms. The highest BCUT2D eigenvalue weighted by Crippen LogP contribution is 2.41. The minimum Gasteiger partial charge on any atom is -0.393 e. The Hall–Kier alpha value is -3.32. The summed E-state index contributed by atoms with van der Waals surface area (Å²) in [4.78, 5) is 8.66. The highest BCUT2D eigenvalue weighted by molar-refractivity contribution is 7.84. The fraction of sp³-hybridized carbons (Fsp3) is 0.375. The Labute approximate surface area is 209 Å². The topological polar surface area (TPSA) is 164 Å². The number of nitrogens with zero attached hydrogens (tertiary/aromatic N) is 5. The van der Waals surface area contributed by atoms with E-state index in [1.165, 1.54) is 17.5 Å². The number of fused-ring (bicyclic) bond motifs is 1. The summed E-state index contributed by atoms with van der Waals surface area (Å²) in [7, 11) is -4.08. The molecule has 11 nitrogen and oxygen atoms in total. The number of anilines is 1. The molecular formula is C24H29N7O4S. The zero-order valence-electron chi connectivity index (χ0n) is 20.1. The van der Waals surface area contributed by atoms with E-state index in [9.17, 15) is 13.5 Å². The number of nitrogen functional groups attached to an aromatic ring is 1. The van der Waals surface area contributed by atoms with Crippen LogP contribution in [-0.4, -0.2) is 50.6 Å². The molecular weight excluding hydrogens is 482 g/mol. The lowest BCUT2D eigenvalue weighted by Gasteiger charge is -2.14. The lowest BCUT2D eigenvalue weighted by Crippen LogP contribution is -2.24. The van der Waals surface area contributed by atoms with Gasteiger partial charge in [0, 0.05) is 35.5 Å². The molecule has 12 heteroatoms. The second-order valence-electron chi connectivity index (χ2n) is 9.48. The smallest absolute Gasteiger partial charge is 0.333 e. The molecule has 190 valence electrons. The lowest BCUT2D eigenvalue weighted by molar-refractivity contribution is 0.100. The summed E-state index contributed by atoms with van der Waals surface area (Å²) < 4.78 is 31.0. The summed E-state index contributed by atoms with van der Waals surface area (Å²) in [5, 5.41) is 20.8. The summed E-state index contributed by atoms with van der Waals surface area (Å²) >= 11 is 0. The van der Waals surface area contributed by atoms with Gasteiger partial charge in [0.05, 0.1) is 30.8 Å². The number of rotatable bonds is 7. The van der Waals surface area contributed by atoms with Crippen LogP contribution < -0.4 is 10.9 Å². The molecule has 0 aliphatic heterocycles. The van der Waals surface area contributed by atoms with Crippen molar-refractivity contribution in [3.05, 3.63) is 59.8 Å². The maximum atomic E-state index is 11.2. The van der Waals surface area contributed by atoms with Crippen molar-refractivity contribution in [1.29, 1.82) is 0 Å². The van der Waals surface area contributed by atoms with Crippen LogP contribution in [0.1, 0.15) is 35.6 Å². The molecule has 4 aromatic rings.